The summed E-state index contributed by atoms with van der Waals surface area (Å²) in [5, 5.41) is 7.69. The van der Waals surface area contributed by atoms with Gasteiger partial charge in [-0.2, -0.15) is 0 Å². The molecular weight excluding hydrogens is 262 g/mol. The van der Waals surface area contributed by atoms with E-state index in [1.54, 1.807) is 5.56 Å². The molecule has 2 heteroatoms. The van der Waals surface area contributed by atoms with Gasteiger partial charge < -0.3 is 5.32 Å². The first kappa shape index (κ1) is 12.8. The van der Waals surface area contributed by atoms with Crippen LogP contribution in [-0.4, -0.2) is 6.54 Å². The van der Waals surface area contributed by atoms with Crippen LogP contribution in [0.2, 0.25) is 0 Å². The fourth-order valence-electron chi connectivity index (χ4n) is 4.45. The molecule has 1 aromatic carbocycles. The molecule has 3 unspecified atom stereocenters. The summed E-state index contributed by atoms with van der Waals surface area (Å²) in [7, 11) is 0. The first-order valence-corrected chi connectivity index (χ1v) is 8.97. The molecular formula is C18H23NS. The van der Waals surface area contributed by atoms with Gasteiger partial charge in [0.1, 0.15) is 0 Å². The average molecular weight is 285 g/mol. The van der Waals surface area contributed by atoms with Crippen LogP contribution in [0.15, 0.2) is 29.6 Å². The molecule has 0 radical (unpaired) electrons. The van der Waals surface area contributed by atoms with Crippen LogP contribution in [0.3, 0.4) is 0 Å². The number of benzene rings is 1. The van der Waals surface area contributed by atoms with Gasteiger partial charge in [-0.25, -0.2) is 0 Å². The maximum Gasteiger partial charge on any atom is 0.0368 e. The Kier molecular flexibility index (Phi) is 3.31. The van der Waals surface area contributed by atoms with E-state index in [0.29, 0.717) is 6.04 Å². The normalized spacial score (nSPS) is 30.1. The summed E-state index contributed by atoms with van der Waals surface area (Å²) in [5.41, 5.74) is 1.56. The van der Waals surface area contributed by atoms with Crippen molar-refractivity contribution in [3.8, 4) is 0 Å². The van der Waals surface area contributed by atoms with Crippen molar-refractivity contribution in [3.63, 3.8) is 0 Å². The van der Waals surface area contributed by atoms with Gasteiger partial charge in [0.15, 0.2) is 0 Å². The van der Waals surface area contributed by atoms with Gasteiger partial charge >= 0.3 is 0 Å². The minimum absolute atomic E-state index is 0.587. The number of hydrogen-bond donors (Lipinski definition) is 1. The molecule has 1 nitrogen and oxygen atoms in total. The van der Waals surface area contributed by atoms with Crippen LogP contribution in [-0.2, 0) is 0 Å². The van der Waals surface area contributed by atoms with Crippen molar-refractivity contribution in [1.29, 1.82) is 0 Å². The lowest BCUT2D eigenvalue weighted by atomic mass is 9.99. The summed E-state index contributed by atoms with van der Waals surface area (Å²) in [6, 6.07) is 9.48. The summed E-state index contributed by atoms with van der Waals surface area (Å²) in [5.74, 6) is 2.91. The smallest absolute Gasteiger partial charge is 0.0368 e. The molecule has 106 valence electrons. The maximum absolute atomic E-state index is 3.80. The van der Waals surface area contributed by atoms with Gasteiger partial charge in [-0.1, -0.05) is 38.0 Å². The summed E-state index contributed by atoms with van der Waals surface area (Å²) in [6.07, 6.45) is 5.86. The highest BCUT2D eigenvalue weighted by atomic mass is 32.1. The molecule has 2 aliphatic rings. The van der Waals surface area contributed by atoms with E-state index in [0.717, 1.165) is 24.3 Å². The summed E-state index contributed by atoms with van der Waals surface area (Å²) >= 11 is 1.91. The monoisotopic (exact) mass is 285 g/mol. The van der Waals surface area contributed by atoms with Crippen LogP contribution in [0.1, 0.15) is 44.2 Å². The second-order valence-electron chi connectivity index (χ2n) is 6.41. The lowest BCUT2D eigenvalue weighted by Gasteiger charge is -2.18. The zero-order valence-electron chi connectivity index (χ0n) is 12.1. The van der Waals surface area contributed by atoms with E-state index in [1.165, 1.54) is 35.8 Å². The Balaban J connectivity index is 1.69. The Morgan fingerprint density at radius 3 is 2.70 bits per heavy atom. The molecule has 2 fully saturated rings. The summed E-state index contributed by atoms with van der Waals surface area (Å²) < 4.78 is 1.44. The fourth-order valence-corrected chi connectivity index (χ4v) is 5.45. The molecule has 1 N–H and O–H groups in total. The SMILES string of the molecule is CCNC(c1csc2ccccc12)C1C2CCCCC21. The van der Waals surface area contributed by atoms with Crippen molar-refractivity contribution in [3.05, 3.63) is 35.2 Å². The van der Waals surface area contributed by atoms with Crippen LogP contribution in [0.4, 0.5) is 0 Å². The molecule has 1 aromatic heterocycles. The number of rotatable bonds is 4. The summed E-state index contributed by atoms with van der Waals surface area (Å²) in [4.78, 5) is 0. The van der Waals surface area contributed by atoms with Crippen LogP contribution in [0.5, 0.6) is 0 Å². The van der Waals surface area contributed by atoms with Gasteiger partial charge in [0, 0.05) is 10.7 Å². The molecule has 4 rings (SSSR count). The predicted octanol–water partition coefficient (Wildman–Crippen LogP) is 4.99. The topological polar surface area (TPSA) is 12.0 Å². The van der Waals surface area contributed by atoms with Gasteiger partial charge in [0.25, 0.3) is 0 Å². The molecule has 1 heterocycles. The fraction of sp³-hybridized carbons (Fsp3) is 0.556. The van der Waals surface area contributed by atoms with Crippen molar-refractivity contribution in [1.82, 2.24) is 5.32 Å². The van der Waals surface area contributed by atoms with E-state index in [9.17, 15) is 0 Å². The molecule has 2 saturated carbocycles. The quantitative estimate of drug-likeness (QED) is 0.834. The van der Waals surface area contributed by atoms with Crippen LogP contribution in [0.25, 0.3) is 10.1 Å². The van der Waals surface area contributed by atoms with Crippen molar-refractivity contribution in [2.45, 2.75) is 38.6 Å². The Morgan fingerprint density at radius 1 is 1.20 bits per heavy atom. The Labute approximate surface area is 125 Å². The third-order valence-corrected chi connectivity index (χ3v) is 6.36. The lowest BCUT2D eigenvalue weighted by molar-refractivity contribution is 0.460. The highest BCUT2D eigenvalue weighted by molar-refractivity contribution is 7.17. The zero-order chi connectivity index (χ0) is 13.5. The highest BCUT2D eigenvalue weighted by Gasteiger charge is 2.54. The Morgan fingerprint density at radius 2 is 1.95 bits per heavy atom. The van der Waals surface area contributed by atoms with E-state index in [1.807, 2.05) is 11.3 Å². The van der Waals surface area contributed by atoms with Crippen LogP contribution >= 0.6 is 11.3 Å². The molecule has 0 saturated heterocycles. The second kappa shape index (κ2) is 5.16. The van der Waals surface area contributed by atoms with Crippen molar-refractivity contribution in [2.75, 3.05) is 6.54 Å². The van der Waals surface area contributed by atoms with Crippen molar-refractivity contribution < 1.29 is 0 Å². The molecule has 2 aromatic rings. The number of nitrogens with one attached hydrogen (secondary N) is 1. The number of hydrogen-bond acceptors (Lipinski definition) is 2. The van der Waals surface area contributed by atoms with Gasteiger partial charge in [0.05, 0.1) is 0 Å². The number of fused-ring (bicyclic) bond motifs is 2. The van der Waals surface area contributed by atoms with Gasteiger partial charge in [-0.05, 0) is 59.5 Å². The predicted molar refractivity (Wildman–Crippen MR) is 87.2 cm³/mol. The summed E-state index contributed by atoms with van der Waals surface area (Å²) in [6.45, 7) is 3.32. The van der Waals surface area contributed by atoms with Crippen LogP contribution < -0.4 is 5.32 Å². The molecule has 2 aliphatic carbocycles. The molecule has 3 atom stereocenters. The number of thiophene rings is 1. The molecule has 20 heavy (non-hydrogen) atoms. The molecule has 0 aliphatic heterocycles. The first-order chi connectivity index (χ1) is 9.90. The molecule has 0 spiro atoms. The van der Waals surface area contributed by atoms with E-state index in [-0.39, 0.29) is 0 Å². The maximum atomic E-state index is 3.80. The minimum Gasteiger partial charge on any atom is -0.310 e. The van der Waals surface area contributed by atoms with Gasteiger partial charge in [-0.3, -0.25) is 0 Å². The van der Waals surface area contributed by atoms with Crippen molar-refractivity contribution in [2.24, 2.45) is 17.8 Å². The third kappa shape index (κ3) is 2.01. The standard InChI is InChI=1S/C18H23NS/c1-2-19-18(17-13-8-3-4-9-14(13)17)15-11-20-16-10-6-5-7-12(15)16/h5-7,10-11,13-14,17-19H,2-4,8-9H2,1H3. The van der Waals surface area contributed by atoms with Crippen molar-refractivity contribution >= 4 is 21.4 Å². The van der Waals surface area contributed by atoms with Gasteiger partial charge in [0.2, 0.25) is 0 Å². The van der Waals surface area contributed by atoms with E-state index in [2.05, 4.69) is 41.9 Å². The van der Waals surface area contributed by atoms with E-state index < -0.39 is 0 Å². The van der Waals surface area contributed by atoms with E-state index >= 15 is 0 Å². The van der Waals surface area contributed by atoms with Crippen LogP contribution in [0, 0.1) is 17.8 Å². The molecule has 0 amide bonds. The average Bonchev–Trinajstić information content (AvgIpc) is 3.06. The highest BCUT2D eigenvalue weighted by Crippen LogP contribution is 2.61. The molecule has 0 bridgehead atoms. The second-order valence-corrected chi connectivity index (χ2v) is 7.32. The minimum atomic E-state index is 0.587. The Hall–Kier alpha value is -0.860. The Bertz CT molecular complexity index is 590. The first-order valence-electron chi connectivity index (χ1n) is 8.09. The van der Waals surface area contributed by atoms with E-state index in [4.69, 9.17) is 0 Å². The lowest BCUT2D eigenvalue weighted by Crippen LogP contribution is -2.23. The third-order valence-electron chi connectivity index (χ3n) is 5.38. The van der Waals surface area contributed by atoms with Gasteiger partial charge in [-0.15, -0.1) is 11.3 Å². The zero-order valence-corrected chi connectivity index (χ0v) is 13.0. The largest absolute Gasteiger partial charge is 0.310 e.